The first-order chi connectivity index (χ1) is 28.5. The number of rotatable bonds is 47. The van der Waals surface area contributed by atoms with E-state index in [0.29, 0.717) is 13.0 Å². The summed E-state index contributed by atoms with van der Waals surface area (Å²) in [6, 6.07) is 0. The van der Waals surface area contributed by atoms with Gasteiger partial charge in [0.15, 0.2) is 0 Å². The maximum atomic E-state index is 12.9. The number of ether oxygens (including phenoxy) is 2. The van der Waals surface area contributed by atoms with Crippen molar-refractivity contribution in [2.24, 2.45) is 0 Å². The summed E-state index contributed by atoms with van der Waals surface area (Å²) >= 11 is 0. The third kappa shape index (κ3) is 40.1. The fourth-order valence-corrected chi connectivity index (χ4v) is 8.05. The number of unbranched alkanes of at least 4 members (excludes halogenated alkanes) is 27. The zero-order valence-electron chi connectivity index (χ0n) is 39.7. The molecule has 58 heavy (non-hydrogen) atoms. The molecule has 7 nitrogen and oxygen atoms in total. The van der Waals surface area contributed by atoms with Gasteiger partial charge in [0.1, 0.15) is 6.10 Å². The van der Waals surface area contributed by atoms with Crippen LogP contribution >= 0.6 is 0 Å². The van der Waals surface area contributed by atoms with Gasteiger partial charge in [0.05, 0.1) is 6.61 Å². The van der Waals surface area contributed by atoms with E-state index in [1.165, 1.54) is 167 Å². The second-order valence-electron chi connectivity index (χ2n) is 17.7. The number of aliphatic hydroxyl groups excluding tert-OH is 1. The molecule has 0 bridgehead atoms. The predicted octanol–water partition coefficient (Wildman–Crippen LogP) is 15.1. The van der Waals surface area contributed by atoms with Crippen LogP contribution in [0.5, 0.6) is 0 Å². The number of hydrogen-bond donors (Lipinski definition) is 1. The molecule has 0 heterocycles. The molecule has 0 radical (unpaired) electrons. The topological polar surface area (TPSA) is 79.3 Å². The Balaban J connectivity index is 4.20. The van der Waals surface area contributed by atoms with Crippen molar-refractivity contribution in [3.05, 3.63) is 0 Å². The highest BCUT2D eigenvalue weighted by Crippen LogP contribution is 2.18. The summed E-state index contributed by atoms with van der Waals surface area (Å²) in [5.74, 6) is 0.0322. The Labute approximate surface area is 362 Å². The maximum absolute atomic E-state index is 12.9. The lowest BCUT2D eigenvalue weighted by molar-refractivity contribution is -0.150. The first kappa shape index (κ1) is 56.7. The standard InChI is InChI=1S/C51H102N2O5/c1-5-9-13-17-23-30-40-49(39-29-15-11-7-3)58-50(55)41-31-24-21-19-20-22-25-32-42-52(44-36-37-47-54)43-33-27-28-38-48-57-51(56)53(45-34-16-12-8-4)46-35-26-18-14-10-6-2/h49,54H,5-48H2,1-4H3. The average molecular weight is 823 g/mol. The lowest BCUT2D eigenvalue weighted by Crippen LogP contribution is -2.33. The van der Waals surface area contributed by atoms with E-state index < -0.39 is 0 Å². The smallest absolute Gasteiger partial charge is 0.409 e. The number of esters is 1. The monoisotopic (exact) mass is 823 g/mol. The average Bonchev–Trinajstić information content (AvgIpc) is 3.22. The van der Waals surface area contributed by atoms with Gasteiger partial charge in [-0.15, -0.1) is 0 Å². The number of carbonyl (C=O) groups excluding carboxylic acids is 2. The molecule has 0 aliphatic carbocycles. The van der Waals surface area contributed by atoms with Crippen LogP contribution in [0.2, 0.25) is 0 Å². The number of carbonyl (C=O) groups is 2. The number of nitrogens with zero attached hydrogens (tertiary/aromatic N) is 2. The van der Waals surface area contributed by atoms with Gasteiger partial charge >= 0.3 is 12.1 Å². The van der Waals surface area contributed by atoms with E-state index in [0.717, 1.165) is 96.9 Å². The number of hydrogen-bond acceptors (Lipinski definition) is 6. The first-order valence-electron chi connectivity index (χ1n) is 26.0. The van der Waals surface area contributed by atoms with Gasteiger partial charge in [-0.3, -0.25) is 4.79 Å². The number of amides is 1. The summed E-state index contributed by atoms with van der Waals surface area (Å²) in [6.07, 6.45) is 43.6. The molecular formula is C51H102N2O5. The first-order valence-corrected chi connectivity index (χ1v) is 26.0. The van der Waals surface area contributed by atoms with E-state index >= 15 is 0 Å². The largest absolute Gasteiger partial charge is 0.462 e. The molecule has 0 fully saturated rings. The van der Waals surface area contributed by atoms with Crippen molar-refractivity contribution in [2.45, 2.75) is 271 Å². The number of aliphatic hydroxyl groups is 1. The van der Waals surface area contributed by atoms with Gasteiger partial charge in [0.25, 0.3) is 0 Å². The Morgan fingerprint density at radius 1 is 0.431 bits per heavy atom. The molecule has 1 unspecified atom stereocenters. The lowest BCUT2D eigenvalue weighted by atomic mass is 10.0. The molecule has 0 aliphatic rings. The predicted molar refractivity (Wildman–Crippen MR) is 250 cm³/mol. The minimum atomic E-state index is -0.104. The van der Waals surface area contributed by atoms with Gasteiger partial charge in [-0.05, 0) is 96.7 Å². The highest BCUT2D eigenvalue weighted by molar-refractivity contribution is 5.69. The summed E-state index contributed by atoms with van der Waals surface area (Å²) in [6.45, 7) is 14.8. The van der Waals surface area contributed by atoms with Crippen LogP contribution < -0.4 is 0 Å². The third-order valence-electron chi connectivity index (χ3n) is 12.0. The normalized spacial score (nSPS) is 12.0. The van der Waals surface area contributed by atoms with Gasteiger partial charge < -0.3 is 24.4 Å². The molecule has 0 aromatic heterocycles. The van der Waals surface area contributed by atoms with Crippen molar-refractivity contribution in [3.8, 4) is 0 Å². The Morgan fingerprint density at radius 2 is 0.793 bits per heavy atom. The van der Waals surface area contributed by atoms with Crippen molar-refractivity contribution in [1.82, 2.24) is 9.80 Å². The van der Waals surface area contributed by atoms with Gasteiger partial charge in [-0.25, -0.2) is 4.79 Å². The van der Waals surface area contributed by atoms with Gasteiger partial charge in [0.2, 0.25) is 0 Å². The minimum absolute atomic E-state index is 0.0322. The van der Waals surface area contributed by atoms with Crippen LogP contribution in [0.15, 0.2) is 0 Å². The molecule has 0 aromatic carbocycles. The van der Waals surface area contributed by atoms with Crippen molar-refractivity contribution in [3.63, 3.8) is 0 Å². The van der Waals surface area contributed by atoms with Crippen molar-refractivity contribution in [1.29, 1.82) is 0 Å². The Morgan fingerprint density at radius 3 is 1.28 bits per heavy atom. The van der Waals surface area contributed by atoms with E-state index in [4.69, 9.17) is 9.47 Å². The molecule has 1 N–H and O–H groups in total. The Kier molecular flexibility index (Phi) is 45.6. The van der Waals surface area contributed by atoms with Crippen molar-refractivity contribution >= 4 is 12.1 Å². The molecule has 0 spiro atoms. The lowest BCUT2D eigenvalue weighted by Gasteiger charge is -2.23. The highest BCUT2D eigenvalue weighted by atomic mass is 16.6. The molecule has 0 saturated heterocycles. The molecule has 0 saturated carbocycles. The summed E-state index contributed by atoms with van der Waals surface area (Å²) in [4.78, 5) is 30.2. The van der Waals surface area contributed by atoms with Crippen LogP contribution in [0.4, 0.5) is 4.79 Å². The second-order valence-corrected chi connectivity index (χ2v) is 17.7. The van der Waals surface area contributed by atoms with Gasteiger partial charge in [-0.2, -0.15) is 0 Å². The van der Waals surface area contributed by atoms with Crippen LogP contribution in [0.25, 0.3) is 0 Å². The fraction of sp³-hybridized carbons (Fsp3) is 0.961. The maximum Gasteiger partial charge on any atom is 0.409 e. The molecule has 0 aliphatic heterocycles. The zero-order valence-corrected chi connectivity index (χ0v) is 39.7. The van der Waals surface area contributed by atoms with E-state index in [1.54, 1.807) is 0 Å². The van der Waals surface area contributed by atoms with Crippen LogP contribution in [-0.4, -0.2) is 79.0 Å². The molecule has 7 heteroatoms. The Bertz CT molecular complexity index is 842. The Hall–Kier alpha value is -1.34. The van der Waals surface area contributed by atoms with Crippen molar-refractivity contribution in [2.75, 3.05) is 45.9 Å². The minimum Gasteiger partial charge on any atom is -0.462 e. The van der Waals surface area contributed by atoms with E-state index in [-0.39, 0.29) is 24.8 Å². The van der Waals surface area contributed by atoms with E-state index in [1.807, 2.05) is 4.90 Å². The summed E-state index contributed by atoms with van der Waals surface area (Å²) in [7, 11) is 0. The highest BCUT2D eigenvalue weighted by Gasteiger charge is 2.16. The molecular weight excluding hydrogens is 721 g/mol. The molecule has 346 valence electrons. The fourth-order valence-electron chi connectivity index (χ4n) is 8.05. The van der Waals surface area contributed by atoms with Crippen LogP contribution in [-0.2, 0) is 14.3 Å². The quantitative estimate of drug-likeness (QED) is 0.0486. The van der Waals surface area contributed by atoms with Crippen molar-refractivity contribution < 1.29 is 24.2 Å². The molecule has 0 rings (SSSR count). The second kappa shape index (κ2) is 46.7. The summed E-state index contributed by atoms with van der Waals surface area (Å²) < 4.78 is 11.8. The van der Waals surface area contributed by atoms with Crippen LogP contribution in [0.3, 0.4) is 0 Å². The SMILES string of the molecule is CCCCCCCCC(CCCCCC)OC(=O)CCCCCCCCCCN(CCCCO)CCCCCCOC(=O)N(CCCCCC)CCCCCCCC. The van der Waals surface area contributed by atoms with Crippen LogP contribution in [0.1, 0.15) is 265 Å². The summed E-state index contributed by atoms with van der Waals surface area (Å²) in [5, 5.41) is 9.33. The molecule has 1 atom stereocenters. The molecule has 0 aromatic rings. The van der Waals surface area contributed by atoms with E-state index in [9.17, 15) is 14.7 Å². The zero-order chi connectivity index (χ0) is 42.4. The van der Waals surface area contributed by atoms with Gasteiger partial charge in [0, 0.05) is 26.1 Å². The van der Waals surface area contributed by atoms with Gasteiger partial charge in [-0.1, -0.05) is 182 Å². The van der Waals surface area contributed by atoms with Crippen LogP contribution in [0, 0.1) is 0 Å². The van der Waals surface area contributed by atoms with E-state index in [2.05, 4.69) is 32.6 Å². The molecule has 1 amide bonds. The summed E-state index contributed by atoms with van der Waals surface area (Å²) in [5.41, 5.74) is 0. The third-order valence-corrected chi connectivity index (χ3v) is 12.0.